The summed E-state index contributed by atoms with van der Waals surface area (Å²) < 4.78 is 5.66. The summed E-state index contributed by atoms with van der Waals surface area (Å²) in [7, 11) is 0. The number of rotatable bonds is 10. The van der Waals surface area contributed by atoms with Crippen LogP contribution in [0.25, 0.3) is 0 Å². The van der Waals surface area contributed by atoms with E-state index in [0.29, 0.717) is 11.8 Å². The van der Waals surface area contributed by atoms with E-state index in [1.54, 1.807) is 12.5 Å². The summed E-state index contributed by atoms with van der Waals surface area (Å²) >= 11 is 2.06. The van der Waals surface area contributed by atoms with E-state index in [1.807, 2.05) is 20.8 Å². The van der Waals surface area contributed by atoms with Crippen LogP contribution in [0.2, 0.25) is 0 Å². The van der Waals surface area contributed by atoms with Crippen LogP contribution in [0.5, 0.6) is 0 Å². The fourth-order valence-corrected chi connectivity index (χ4v) is 4.30. The average Bonchev–Trinajstić information content (AvgIpc) is 2.77. The van der Waals surface area contributed by atoms with Gasteiger partial charge in [0.1, 0.15) is 29.3 Å². The quantitative estimate of drug-likeness (QED) is 0.186. The summed E-state index contributed by atoms with van der Waals surface area (Å²) in [6, 6.07) is 0. The van der Waals surface area contributed by atoms with Crippen molar-refractivity contribution in [2.75, 3.05) is 0 Å². The molecule has 0 bridgehead atoms. The summed E-state index contributed by atoms with van der Waals surface area (Å²) in [5, 5.41) is 8.18. The minimum Gasteiger partial charge on any atom is -0.481 e. The highest BCUT2D eigenvalue weighted by Gasteiger charge is 2.33. The number of carboxylic acids is 1. The van der Waals surface area contributed by atoms with Crippen molar-refractivity contribution in [1.82, 2.24) is 0 Å². The van der Waals surface area contributed by atoms with E-state index in [2.05, 4.69) is 41.2 Å². The van der Waals surface area contributed by atoms with Gasteiger partial charge in [-0.1, -0.05) is 65.2 Å². The number of aldehydes is 1. The van der Waals surface area contributed by atoms with E-state index in [-0.39, 0.29) is 12.0 Å². The Labute approximate surface area is 192 Å². The topological polar surface area (TPSA) is 63.6 Å². The second-order valence-electron chi connectivity index (χ2n) is 7.62. The number of halogens is 1. The smallest absolute Gasteiger partial charge is 0.306 e. The Morgan fingerprint density at radius 2 is 2.00 bits per heavy atom. The summed E-state index contributed by atoms with van der Waals surface area (Å²) in [5.41, 5.74) is 1.55. The molecule has 0 saturated carbocycles. The maximum Gasteiger partial charge on any atom is 0.306 e. The third kappa shape index (κ3) is 11.3. The van der Waals surface area contributed by atoms with Crippen LogP contribution in [0, 0.1) is 17.8 Å². The average molecular weight is 520 g/mol. The molecular formula is C24H41IO4. The first kappa shape index (κ1) is 28.3. The fraction of sp³-hybridized carbons (Fsp3) is 0.750. The molecular weight excluding hydrogens is 479 g/mol. The number of carboxylic acid groups (broad SMARTS) is 1. The lowest BCUT2D eigenvalue weighted by atomic mass is 9.71. The molecule has 0 heterocycles. The summed E-state index contributed by atoms with van der Waals surface area (Å²) in [4.78, 5) is 20.2. The van der Waals surface area contributed by atoms with Crippen molar-refractivity contribution < 1.29 is 17.8 Å². The Bertz CT molecular complexity index is 501. The molecule has 0 amide bonds. The van der Waals surface area contributed by atoms with Crippen LogP contribution >= 0.6 is 23.0 Å². The molecule has 2 aliphatic carbocycles. The van der Waals surface area contributed by atoms with Crippen molar-refractivity contribution in [2.24, 2.45) is 17.8 Å². The van der Waals surface area contributed by atoms with E-state index in [0.717, 1.165) is 25.5 Å². The molecule has 4 atom stereocenters. The molecule has 2 aliphatic rings. The maximum absolute atomic E-state index is 10.3. The molecule has 2 rings (SSSR count). The second-order valence-corrected chi connectivity index (χ2v) is 8.13. The molecule has 0 saturated heterocycles. The van der Waals surface area contributed by atoms with E-state index in [4.69, 9.17) is 8.17 Å². The molecule has 4 unspecified atom stereocenters. The Morgan fingerprint density at radius 1 is 1.31 bits per heavy atom. The number of allylic oxidation sites excluding steroid dienone is 3. The first-order valence-electron chi connectivity index (χ1n) is 11.4. The molecule has 0 aromatic carbocycles. The number of carbonyl (C=O) groups is 2. The lowest BCUT2D eigenvalue weighted by Gasteiger charge is -2.37. The Morgan fingerprint density at radius 3 is 2.55 bits per heavy atom. The van der Waals surface area contributed by atoms with Crippen LogP contribution in [-0.4, -0.2) is 23.5 Å². The largest absolute Gasteiger partial charge is 0.481 e. The van der Waals surface area contributed by atoms with Gasteiger partial charge in [-0.15, -0.1) is 0 Å². The van der Waals surface area contributed by atoms with Crippen LogP contribution in [0.1, 0.15) is 91.9 Å². The van der Waals surface area contributed by atoms with Crippen LogP contribution in [0.15, 0.2) is 23.8 Å². The monoisotopic (exact) mass is 520 g/mol. The van der Waals surface area contributed by atoms with Gasteiger partial charge in [-0.3, -0.25) is 4.79 Å². The highest BCUT2D eigenvalue weighted by molar-refractivity contribution is 14.1. The molecule has 0 aliphatic heterocycles. The zero-order valence-corrected chi connectivity index (χ0v) is 20.9. The van der Waals surface area contributed by atoms with Gasteiger partial charge in [0.05, 0.1) is 12.0 Å². The number of hydrogen-bond donors (Lipinski definition) is 1. The Kier molecular flexibility index (Phi) is 17.7. The number of fused-ring (bicyclic) bond motifs is 1. The Hall–Kier alpha value is -0.690. The van der Waals surface area contributed by atoms with Crippen molar-refractivity contribution in [2.45, 2.75) is 98.0 Å². The fourth-order valence-electron chi connectivity index (χ4n) is 3.75. The van der Waals surface area contributed by atoms with Gasteiger partial charge in [-0.2, -0.15) is 0 Å². The summed E-state index contributed by atoms with van der Waals surface area (Å²) in [5.74, 6) is 0.473. The number of unbranched alkanes of at least 4 members (excludes halogenated alkanes) is 4. The second kappa shape index (κ2) is 18.1. The zero-order valence-electron chi connectivity index (χ0n) is 18.7. The van der Waals surface area contributed by atoms with Crippen molar-refractivity contribution in [3.05, 3.63) is 23.8 Å². The molecule has 4 nitrogen and oxygen atoms in total. The van der Waals surface area contributed by atoms with Gasteiger partial charge in [-0.25, -0.2) is 0 Å². The van der Waals surface area contributed by atoms with Gasteiger partial charge in [0.2, 0.25) is 0 Å². The van der Waals surface area contributed by atoms with Crippen LogP contribution in [0.4, 0.5) is 0 Å². The van der Waals surface area contributed by atoms with E-state index >= 15 is 0 Å². The molecule has 0 spiro atoms. The van der Waals surface area contributed by atoms with E-state index in [9.17, 15) is 9.59 Å². The van der Waals surface area contributed by atoms with Gasteiger partial charge in [0.15, 0.2) is 0 Å². The zero-order chi connectivity index (χ0) is 22.1. The Balaban J connectivity index is 0.000000740. The van der Waals surface area contributed by atoms with Crippen molar-refractivity contribution in [3.63, 3.8) is 0 Å². The predicted molar refractivity (Wildman–Crippen MR) is 129 cm³/mol. The highest BCUT2D eigenvalue weighted by atomic mass is 127. The number of aliphatic carboxylic acids is 1. The van der Waals surface area contributed by atoms with Gasteiger partial charge in [0, 0.05) is 6.42 Å². The normalized spacial score (nSPS) is 23.3. The number of hydrogen-bond acceptors (Lipinski definition) is 3. The first-order valence-corrected chi connectivity index (χ1v) is 12.2. The summed E-state index contributed by atoms with van der Waals surface area (Å²) in [6.45, 7) is 7.56. The molecule has 5 heteroatoms. The van der Waals surface area contributed by atoms with E-state index < -0.39 is 5.97 Å². The third-order valence-electron chi connectivity index (χ3n) is 5.69. The molecule has 0 radical (unpaired) electrons. The molecule has 168 valence electrons. The lowest BCUT2D eigenvalue weighted by molar-refractivity contribution is -0.141. The van der Waals surface area contributed by atoms with Crippen LogP contribution in [0.3, 0.4) is 0 Å². The predicted octanol–water partition coefficient (Wildman–Crippen LogP) is 7.32. The maximum atomic E-state index is 10.3. The van der Waals surface area contributed by atoms with Crippen molar-refractivity contribution >= 4 is 35.3 Å². The van der Waals surface area contributed by atoms with Crippen molar-refractivity contribution in [3.8, 4) is 0 Å². The van der Waals surface area contributed by atoms with E-state index in [1.165, 1.54) is 44.9 Å². The van der Waals surface area contributed by atoms with Crippen LogP contribution in [-0.2, 0) is 12.7 Å². The minimum absolute atomic E-state index is 0.181. The third-order valence-corrected chi connectivity index (χ3v) is 6.28. The first-order chi connectivity index (χ1) is 14.0. The van der Waals surface area contributed by atoms with Gasteiger partial charge < -0.3 is 13.0 Å². The number of carbonyl (C=O) groups excluding carboxylic acids is 1. The molecule has 1 N–H and O–H groups in total. The van der Waals surface area contributed by atoms with Crippen LogP contribution < -0.4 is 0 Å². The van der Waals surface area contributed by atoms with Gasteiger partial charge in [-0.05, 0) is 55.9 Å². The lowest BCUT2D eigenvalue weighted by Crippen LogP contribution is -2.32. The molecule has 0 aromatic heterocycles. The SMILES string of the molecule is CC.CCC(C)C(=O)O.O=CCCCCCCC1C(OI)C=CC2=CCCCC21. The van der Waals surface area contributed by atoms with Gasteiger partial charge in [0.25, 0.3) is 0 Å². The highest BCUT2D eigenvalue weighted by Crippen LogP contribution is 2.41. The van der Waals surface area contributed by atoms with Crippen molar-refractivity contribution in [1.29, 1.82) is 0 Å². The minimum atomic E-state index is -0.706. The van der Waals surface area contributed by atoms with Gasteiger partial charge >= 0.3 is 5.97 Å². The molecule has 0 aromatic rings. The summed E-state index contributed by atoms with van der Waals surface area (Å²) in [6.07, 6.45) is 19.6. The molecule has 29 heavy (non-hydrogen) atoms. The molecule has 0 fully saturated rings. The standard InChI is InChI=1S/C17H25IO2.C5H10O2.C2H6/c18-20-17-12-11-14-8-5-6-9-15(14)16(17)10-4-2-1-3-7-13-19;1-3-4(2)5(6)7;1-2/h8,11-13,15-17H,1-7,9-10H2;4H,3H2,1-2H3,(H,6,7);1-2H3.